The summed E-state index contributed by atoms with van der Waals surface area (Å²) in [6.07, 6.45) is -0.159. The highest BCUT2D eigenvalue weighted by atomic mass is 35.5. The van der Waals surface area contributed by atoms with Crippen LogP contribution >= 0.6 is 23.7 Å². The highest BCUT2D eigenvalue weighted by molar-refractivity contribution is 7.11. The highest BCUT2D eigenvalue weighted by Crippen LogP contribution is 2.34. The molecule has 0 saturated carbocycles. The molecule has 1 saturated heterocycles. The van der Waals surface area contributed by atoms with Crippen molar-refractivity contribution in [3.63, 3.8) is 0 Å². The van der Waals surface area contributed by atoms with E-state index in [-0.39, 0.29) is 24.5 Å². The minimum absolute atomic E-state index is 0. The number of piperidine rings is 1. The second kappa shape index (κ2) is 7.06. The standard InChI is InChI=1S/C12H18F3N3S.ClH/c1-8(16)9-4-2-3-5-18(9)7-11-17-6-10(19-11)12(13,14)15;/h6,8-9H,2-5,7,16H2,1H3;1H. The van der Waals surface area contributed by atoms with Crippen LogP contribution in [-0.2, 0) is 12.7 Å². The van der Waals surface area contributed by atoms with E-state index in [4.69, 9.17) is 5.73 Å². The zero-order chi connectivity index (χ0) is 14.0. The van der Waals surface area contributed by atoms with E-state index in [1.54, 1.807) is 0 Å². The van der Waals surface area contributed by atoms with Crippen LogP contribution in [0.25, 0.3) is 0 Å². The van der Waals surface area contributed by atoms with Crippen LogP contribution in [0.5, 0.6) is 0 Å². The minimum atomic E-state index is -4.29. The number of hydrogen-bond donors (Lipinski definition) is 1. The van der Waals surface area contributed by atoms with Gasteiger partial charge in [0.05, 0.1) is 12.7 Å². The van der Waals surface area contributed by atoms with E-state index in [1.807, 2.05) is 6.92 Å². The molecule has 1 aliphatic rings. The number of halogens is 4. The van der Waals surface area contributed by atoms with Crippen LogP contribution in [0.2, 0.25) is 0 Å². The second-order valence-corrected chi connectivity index (χ2v) is 6.12. The number of nitrogens with two attached hydrogens (primary N) is 1. The lowest BCUT2D eigenvalue weighted by molar-refractivity contribution is -0.134. The third-order valence-electron chi connectivity index (χ3n) is 3.44. The van der Waals surface area contributed by atoms with Gasteiger partial charge in [0, 0.05) is 12.1 Å². The molecule has 8 heteroatoms. The van der Waals surface area contributed by atoms with Crippen LogP contribution in [0.1, 0.15) is 36.1 Å². The molecule has 0 aromatic carbocycles. The lowest BCUT2D eigenvalue weighted by Crippen LogP contribution is -2.48. The molecule has 1 aromatic rings. The van der Waals surface area contributed by atoms with Gasteiger partial charge < -0.3 is 5.73 Å². The van der Waals surface area contributed by atoms with Crippen LogP contribution in [0, 0.1) is 0 Å². The molecule has 116 valence electrons. The Morgan fingerprint density at radius 2 is 2.20 bits per heavy atom. The first-order chi connectivity index (χ1) is 8.88. The fraction of sp³-hybridized carbons (Fsp3) is 0.750. The number of aromatic nitrogens is 1. The van der Waals surface area contributed by atoms with Gasteiger partial charge in [-0.25, -0.2) is 4.98 Å². The van der Waals surface area contributed by atoms with Crippen molar-refractivity contribution in [1.82, 2.24) is 9.88 Å². The summed E-state index contributed by atoms with van der Waals surface area (Å²) in [7, 11) is 0. The van der Waals surface area contributed by atoms with E-state index in [0.29, 0.717) is 11.6 Å². The summed E-state index contributed by atoms with van der Waals surface area (Å²) in [6, 6.07) is 0.273. The maximum absolute atomic E-state index is 12.5. The quantitative estimate of drug-likeness (QED) is 0.925. The Morgan fingerprint density at radius 3 is 2.75 bits per heavy atom. The molecule has 1 aliphatic heterocycles. The second-order valence-electron chi connectivity index (χ2n) is 5.01. The van der Waals surface area contributed by atoms with Crippen molar-refractivity contribution in [2.45, 2.75) is 51.0 Å². The molecule has 2 atom stereocenters. The monoisotopic (exact) mass is 329 g/mol. The molecule has 20 heavy (non-hydrogen) atoms. The molecule has 0 bridgehead atoms. The lowest BCUT2D eigenvalue weighted by atomic mass is 9.97. The number of thiazole rings is 1. The molecule has 0 aliphatic carbocycles. The van der Waals surface area contributed by atoms with Crippen LogP contribution < -0.4 is 5.73 Å². The smallest absolute Gasteiger partial charge is 0.327 e. The maximum atomic E-state index is 12.5. The van der Waals surface area contributed by atoms with Gasteiger partial charge in [0.1, 0.15) is 9.88 Å². The maximum Gasteiger partial charge on any atom is 0.427 e. The van der Waals surface area contributed by atoms with E-state index in [1.165, 1.54) is 0 Å². The number of nitrogens with zero attached hydrogens (tertiary/aromatic N) is 2. The molecule has 0 radical (unpaired) electrons. The fourth-order valence-electron chi connectivity index (χ4n) is 2.50. The largest absolute Gasteiger partial charge is 0.427 e. The lowest BCUT2D eigenvalue weighted by Gasteiger charge is -2.37. The van der Waals surface area contributed by atoms with Crippen molar-refractivity contribution < 1.29 is 13.2 Å². The van der Waals surface area contributed by atoms with Crippen molar-refractivity contribution in [1.29, 1.82) is 0 Å². The number of alkyl halides is 3. The van der Waals surface area contributed by atoms with Crippen LogP contribution in [0.4, 0.5) is 13.2 Å². The van der Waals surface area contributed by atoms with Gasteiger partial charge in [-0.3, -0.25) is 4.90 Å². The molecule has 1 fully saturated rings. The van der Waals surface area contributed by atoms with Gasteiger partial charge in [0.25, 0.3) is 0 Å². The van der Waals surface area contributed by atoms with Gasteiger partial charge >= 0.3 is 6.18 Å². The van der Waals surface area contributed by atoms with E-state index in [0.717, 1.165) is 43.3 Å². The first kappa shape index (κ1) is 17.7. The summed E-state index contributed by atoms with van der Waals surface area (Å²) in [5.41, 5.74) is 5.95. The molecule has 1 aromatic heterocycles. The van der Waals surface area contributed by atoms with Gasteiger partial charge in [-0.15, -0.1) is 23.7 Å². The fourth-order valence-corrected chi connectivity index (χ4v) is 3.31. The first-order valence-electron chi connectivity index (χ1n) is 6.39. The molecule has 0 spiro atoms. The Bertz CT molecular complexity index is 422. The average Bonchev–Trinajstić information content (AvgIpc) is 2.77. The summed E-state index contributed by atoms with van der Waals surface area (Å²) in [5.74, 6) is 0. The Labute approximate surface area is 126 Å². The minimum Gasteiger partial charge on any atom is -0.327 e. The van der Waals surface area contributed by atoms with Gasteiger partial charge in [-0.1, -0.05) is 6.42 Å². The predicted molar refractivity (Wildman–Crippen MR) is 76.1 cm³/mol. The van der Waals surface area contributed by atoms with Crippen molar-refractivity contribution in [3.8, 4) is 0 Å². The highest BCUT2D eigenvalue weighted by Gasteiger charge is 2.34. The molecule has 0 amide bonds. The van der Waals surface area contributed by atoms with Gasteiger partial charge in [0.15, 0.2) is 0 Å². The van der Waals surface area contributed by atoms with Crippen molar-refractivity contribution >= 4 is 23.7 Å². The van der Waals surface area contributed by atoms with Crippen LogP contribution in [-0.4, -0.2) is 28.5 Å². The van der Waals surface area contributed by atoms with Crippen molar-refractivity contribution in [2.75, 3.05) is 6.54 Å². The van der Waals surface area contributed by atoms with Crippen molar-refractivity contribution in [2.24, 2.45) is 5.73 Å². The zero-order valence-electron chi connectivity index (χ0n) is 11.2. The summed E-state index contributed by atoms with van der Waals surface area (Å²) in [6.45, 7) is 3.30. The SMILES string of the molecule is CC(N)C1CCCCN1Cc1ncc(C(F)(F)F)s1.Cl. The number of rotatable bonds is 3. The normalized spacial score (nSPS) is 22.4. The summed E-state index contributed by atoms with van der Waals surface area (Å²) < 4.78 is 37.6. The molecular weight excluding hydrogens is 311 g/mol. The zero-order valence-corrected chi connectivity index (χ0v) is 12.8. The van der Waals surface area contributed by atoms with E-state index < -0.39 is 11.1 Å². The average molecular weight is 330 g/mol. The van der Waals surface area contributed by atoms with E-state index >= 15 is 0 Å². The summed E-state index contributed by atoms with van der Waals surface area (Å²) in [5, 5.41) is 0.514. The Balaban J connectivity index is 0.00000200. The molecule has 3 nitrogen and oxygen atoms in total. The third kappa shape index (κ3) is 4.31. The Hall–Kier alpha value is -0.370. The molecular formula is C12H19ClF3N3S. The molecule has 2 rings (SSSR count). The third-order valence-corrected chi connectivity index (χ3v) is 4.47. The molecule has 2 N–H and O–H groups in total. The predicted octanol–water partition coefficient (Wildman–Crippen LogP) is 3.29. The van der Waals surface area contributed by atoms with Crippen molar-refractivity contribution in [3.05, 3.63) is 16.1 Å². The number of hydrogen-bond acceptors (Lipinski definition) is 4. The van der Waals surface area contributed by atoms with E-state index in [2.05, 4.69) is 9.88 Å². The molecule has 2 heterocycles. The summed E-state index contributed by atoms with van der Waals surface area (Å²) >= 11 is 0.729. The Morgan fingerprint density at radius 1 is 1.50 bits per heavy atom. The summed E-state index contributed by atoms with van der Waals surface area (Å²) in [4.78, 5) is 5.42. The number of likely N-dealkylation sites (tertiary alicyclic amines) is 1. The van der Waals surface area contributed by atoms with Gasteiger partial charge in [-0.05, 0) is 26.3 Å². The van der Waals surface area contributed by atoms with E-state index in [9.17, 15) is 13.2 Å². The topological polar surface area (TPSA) is 42.1 Å². The Kier molecular flexibility index (Phi) is 6.25. The van der Waals surface area contributed by atoms with Crippen LogP contribution in [0.3, 0.4) is 0 Å². The van der Waals surface area contributed by atoms with Crippen LogP contribution in [0.15, 0.2) is 6.20 Å². The first-order valence-corrected chi connectivity index (χ1v) is 7.21. The molecule has 2 unspecified atom stereocenters. The van der Waals surface area contributed by atoms with Gasteiger partial charge in [-0.2, -0.15) is 13.2 Å². The van der Waals surface area contributed by atoms with Gasteiger partial charge in [0.2, 0.25) is 0 Å².